The van der Waals surface area contributed by atoms with Gasteiger partial charge in [0.2, 0.25) is 0 Å². The highest BCUT2D eigenvalue weighted by molar-refractivity contribution is 7.59. The monoisotopic (exact) mass is 720 g/mol. The van der Waals surface area contributed by atoms with Crippen molar-refractivity contribution in [2.24, 2.45) is 11.8 Å². The number of carbonyl (C=O) groups excluding carboxylic acids is 2. The number of unbranched alkanes of at least 4 members (excludes halogenated alkanes) is 2. The summed E-state index contributed by atoms with van der Waals surface area (Å²) in [4.78, 5) is 29.3. The number of halogens is 6. The van der Waals surface area contributed by atoms with Crippen LogP contribution in [0.25, 0.3) is 0 Å². The summed E-state index contributed by atoms with van der Waals surface area (Å²) in [5.74, 6) is -2.28. The Morgan fingerprint density at radius 2 is 1.06 bits per heavy atom. The fraction of sp³-hybridized carbons (Fsp3) is 0.611. The predicted octanol–water partition coefficient (Wildman–Crippen LogP) is 8.99. The summed E-state index contributed by atoms with van der Waals surface area (Å²) in [6.45, 7) is 6.07. The Bertz CT molecular complexity index is 1410. The van der Waals surface area contributed by atoms with Crippen LogP contribution in [-0.4, -0.2) is 47.5 Å². The van der Waals surface area contributed by atoms with Crippen molar-refractivity contribution in [3.8, 4) is 0 Å². The fourth-order valence-corrected chi connectivity index (χ4v) is 7.26. The van der Waals surface area contributed by atoms with Crippen molar-refractivity contribution in [3.05, 3.63) is 69.8 Å². The van der Waals surface area contributed by atoms with Crippen LogP contribution >= 0.6 is 27.0 Å². The van der Waals surface area contributed by atoms with Crippen molar-refractivity contribution in [1.29, 1.82) is 0 Å². The lowest BCUT2D eigenvalue weighted by Crippen LogP contribution is -2.46. The third kappa shape index (κ3) is 9.20. The highest BCUT2D eigenvalue weighted by atomic mass is 32.1. The molecule has 0 saturated carbocycles. The summed E-state index contributed by atoms with van der Waals surface area (Å²) in [5.41, 5.74) is 1.75. The largest absolute Gasteiger partial charge is 0.416 e. The van der Waals surface area contributed by atoms with E-state index < -0.39 is 35.3 Å². The van der Waals surface area contributed by atoms with Gasteiger partial charge >= 0.3 is 12.4 Å². The number of carbonyl (C=O) groups is 2. The molecule has 0 unspecified atom stereocenters. The topological polar surface area (TPSA) is 40.6 Å². The second kappa shape index (κ2) is 16.8. The van der Waals surface area contributed by atoms with Crippen molar-refractivity contribution in [2.45, 2.75) is 102 Å². The molecule has 0 amide bonds. The molecule has 4 aliphatic heterocycles. The average molecular weight is 721 g/mol. The van der Waals surface area contributed by atoms with Gasteiger partial charge < -0.3 is 0 Å². The first kappa shape index (κ1) is 37.2. The number of Topliss-reactive ketones (excluding diaryl/α,β-unsaturated/α-hetero) is 2. The van der Waals surface area contributed by atoms with E-state index in [1.54, 1.807) is 0 Å². The Hall–Kier alpha value is -2.02. The van der Waals surface area contributed by atoms with Gasteiger partial charge in [-0.15, -0.1) is 0 Å². The number of fused-ring (bicyclic) bond motifs is 6. The van der Waals surface area contributed by atoms with E-state index in [4.69, 9.17) is 2.74 Å². The predicted molar refractivity (Wildman–Crippen MR) is 185 cm³/mol. The van der Waals surface area contributed by atoms with Gasteiger partial charge in [-0.25, -0.2) is 0 Å². The number of hydrogen-bond donors (Lipinski definition) is 0. The van der Waals surface area contributed by atoms with Crippen LogP contribution in [0.2, 0.25) is 0 Å². The van der Waals surface area contributed by atoms with E-state index in [0.29, 0.717) is 63.0 Å². The Labute approximate surface area is 296 Å². The third-order valence-electron chi connectivity index (χ3n) is 9.88. The van der Waals surface area contributed by atoms with E-state index in [0.717, 1.165) is 48.9 Å². The molecule has 0 bridgehead atoms. The molecule has 0 aromatic heterocycles. The van der Waals surface area contributed by atoms with Gasteiger partial charge in [-0.1, -0.05) is 51.7 Å². The smallest absolute Gasteiger partial charge is 0.299 e. The number of hydrogen-bond acceptors (Lipinski definition) is 4. The lowest BCUT2D eigenvalue weighted by molar-refractivity contribution is -0.138. The first-order valence-electron chi connectivity index (χ1n) is 17.4. The molecule has 0 radical (unpaired) electrons. The zero-order valence-corrected chi connectivity index (χ0v) is 29.5. The number of nitrogens with zero attached hydrogens (tertiary/aromatic N) is 2. The van der Waals surface area contributed by atoms with Gasteiger partial charge in [0.1, 0.15) is 11.6 Å². The van der Waals surface area contributed by atoms with Gasteiger partial charge in [0.15, 0.2) is 0 Å². The minimum atomic E-state index is -4.34. The molecule has 4 atom stereocenters. The number of alkyl halides is 6. The van der Waals surface area contributed by atoms with Gasteiger partial charge in [0.05, 0.1) is 11.1 Å². The first-order chi connectivity index (χ1) is 22.5. The average Bonchev–Trinajstić information content (AvgIpc) is 3.03. The Morgan fingerprint density at radius 3 is 1.40 bits per heavy atom. The highest BCUT2D eigenvalue weighted by Gasteiger charge is 2.40. The fourth-order valence-electron chi connectivity index (χ4n) is 7.26. The van der Waals surface area contributed by atoms with Crippen LogP contribution in [0.4, 0.5) is 26.3 Å². The maximum Gasteiger partial charge on any atom is 0.416 e. The second-order valence-electron chi connectivity index (χ2n) is 13.0. The van der Waals surface area contributed by atoms with Crippen molar-refractivity contribution in [1.82, 2.24) is 9.80 Å². The van der Waals surface area contributed by atoms with Crippen LogP contribution < -0.4 is 0 Å². The maximum absolute atomic E-state index is 12.9. The molecule has 6 rings (SSSR count). The number of ketones is 2. The molecular formula is C36H48F6N2O2S2. The normalized spacial score (nSPS) is 27.8. The van der Waals surface area contributed by atoms with Crippen molar-refractivity contribution < 1.29 is 38.7 Å². The van der Waals surface area contributed by atoms with E-state index >= 15 is 0 Å². The summed E-state index contributed by atoms with van der Waals surface area (Å²) < 4.78 is 94.3. The summed E-state index contributed by atoms with van der Waals surface area (Å²) in [7, 11) is 0. The summed E-state index contributed by atoms with van der Waals surface area (Å²) >= 11 is 0. The van der Waals surface area contributed by atoms with Crippen LogP contribution in [0.1, 0.15) is 113 Å². The third-order valence-corrected chi connectivity index (χ3v) is 9.88. The maximum atomic E-state index is 12.9. The van der Waals surface area contributed by atoms with Crippen LogP contribution in [0.5, 0.6) is 0 Å². The van der Waals surface area contributed by atoms with Crippen LogP contribution in [0.15, 0.2) is 36.4 Å². The van der Waals surface area contributed by atoms with Gasteiger partial charge in [-0.3, -0.25) is 19.4 Å². The lowest BCUT2D eigenvalue weighted by Gasteiger charge is -2.43. The molecule has 2 fully saturated rings. The van der Waals surface area contributed by atoms with Gasteiger partial charge in [0.25, 0.3) is 0 Å². The molecule has 268 valence electrons. The number of rotatable bonds is 6. The van der Waals surface area contributed by atoms with E-state index in [1.165, 1.54) is 24.3 Å². The van der Waals surface area contributed by atoms with E-state index in [-0.39, 0.29) is 63.5 Å². The SMILES string of the molecule is S.S.[2H][C@@]1(CCCC)CN2CCc3cc(C(F)(F)F)ccc3[C@H]2CC1=O.[2H][C@]1(CCCC)CN2CCc3cc(C(F)(F)F)ccc3[C@@H]2CC1=O. The van der Waals surface area contributed by atoms with E-state index in [1.807, 2.05) is 13.8 Å². The van der Waals surface area contributed by atoms with E-state index in [2.05, 4.69) is 9.80 Å². The zero-order valence-electron chi connectivity index (χ0n) is 29.5. The molecule has 4 heterocycles. The molecule has 0 aliphatic carbocycles. The number of piperidine rings is 2. The molecule has 48 heavy (non-hydrogen) atoms. The second-order valence-corrected chi connectivity index (χ2v) is 13.0. The summed E-state index contributed by atoms with van der Waals surface area (Å²) in [6, 6.07) is 7.33. The van der Waals surface area contributed by atoms with Gasteiger partial charge in [-0.05, 0) is 72.2 Å². The zero-order chi connectivity index (χ0) is 35.1. The Kier molecular flexibility index (Phi) is 13.0. The molecule has 2 saturated heterocycles. The van der Waals surface area contributed by atoms with E-state index in [9.17, 15) is 35.9 Å². The van der Waals surface area contributed by atoms with Crippen LogP contribution in [0.3, 0.4) is 0 Å². The van der Waals surface area contributed by atoms with Gasteiger partial charge in [0, 0.05) is 65.6 Å². The summed E-state index contributed by atoms with van der Waals surface area (Å²) in [5, 5.41) is 0. The molecule has 0 spiro atoms. The number of benzene rings is 2. The Balaban J connectivity index is 0.000000260. The molecule has 4 nitrogen and oxygen atoms in total. The summed E-state index contributed by atoms with van der Waals surface area (Å²) in [6.07, 6.45) is -2.45. The van der Waals surface area contributed by atoms with Crippen LogP contribution in [-0.2, 0) is 34.8 Å². The standard InChI is InChI=1S/2C18H22F3NO.2H2S/c2*1-2-3-4-13-11-22-8-7-12-9-14(18(19,20)21)5-6-15(12)16(22)10-17(13)23;;/h2*5-6,9,13,16H,2-4,7-8,10-11H2,1H3;2*1H2/t2*13-,16-;;/m10../s1/i2*13D;;. The molecule has 4 aliphatic rings. The molecule has 2 aromatic carbocycles. The van der Waals surface area contributed by atoms with Crippen LogP contribution in [0, 0.1) is 11.8 Å². The first-order valence-corrected chi connectivity index (χ1v) is 16.4. The van der Waals surface area contributed by atoms with Crippen molar-refractivity contribution in [3.63, 3.8) is 0 Å². The minimum absolute atomic E-state index is 0. The van der Waals surface area contributed by atoms with Crippen molar-refractivity contribution in [2.75, 3.05) is 26.2 Å². The molecule has 0 N–H and O–H groups in total. The molecular weight excluding hydrogens is 671 g/mol. The molecule has 12 heteroatoms. The quantitative estimate of drug-likeness (QED) is 0.280. The van der Waals surface area contributed by atoms with Crippen molar-refractivity contribution >= 4 is 38.6 Å². The molecule has 2 aromatic rings. The highest BCUT2D eigenvalue weighted by Crippen LogP contribution is 2.42. The Morgan fingerprint density at radius 1 is 0.688 bits per heavy atom. The lowest BCUT2D eigenvalue weighted by atomic mass is 9.81. The van der Waals surface area contributed by atoms with Gasteiger partial charge in [-0.2, -0.15) is 53.3 Å². The minimum Gasteiger partial charge on any atom is -0.299 e.